The van der Waals surface area contributed by atoms with Crippen LogP contribution in [-0.2, 0) is 0 Å². The lowest BCUT2D eigenvalue weighted by molar-refractivity contribution is -0.384. The minimum atomic E-state index is -0.510. The zero-order valence-corrected chi connectivity index (χ0v) is 15.0. The molecule has 0 radical (unpaired) electrons. The number of aromatic hydroxyl groups is 1. The molecule has 0 aliphatic heterocycles. The standard InChI is InChI=1S/C21H16N4O3/c1-13-6-7-14(21-23-17-4-2-3-5-18(17)24-21)11-19(13)22-12-15-10-16(25(27)28)8-9-20(15)26/h2-12,26H,1H3,(H,23,24). The molecule has 0 atom stereocenters. The number of hydrogen-bond donors (Lipinski definition) is 2. The molecule has 4 aromatic rings. The molecule has 0 bridgehead atoms. The van der Waals surface area contributed by atoms with E-state index in [9.17, 15) is 15.2 Å². The highest BCUT2D eigenvalue weighted by Gasteiger charge is 2.10. The fourth-order valence-electron chi connectivity index (χ4n) is 2.88. The molecule has 138 valence electrons. The second-order valence-corrected chi connectivity index (χ2v) is 6.36. The van der Waals surface area contributed by atoms with Crippen molar-refractivity contribution in [3.63, 3.8) is 0 Å². The number of benzene rings is 3. The van der Waals surface area contributed by atoms with Gasteiger partial charge in [0, 0.05) is 29.5 Å². The van der Waals surface area contributed by atoms with Crippen molar-refractivity contribution in [3.05, 3.63) is 81.9 Å². The van der Waals surface area contributed by atoms with Crippen LogP contribution in [0.15, 0.2) is 65.7 Å². The molecule has 28 heavy (non-hydrogen) atoms. The van der Waals surface area contributed by atoms with Gasteiger partial charge in [-0.25, -0.2) is 4.98 Å². The molecule has 7 heteroatoms. The summed E-state index contributed by atoms with van der Waals surface area (Å²) in [6.45, 7) is 1.92. The van der Waals surface area contributed by atoms with Crippen LogP contribution < -0.4 is 0 Å². The lowest BCUT2D eigenvalue weighted by Gasteiger charge is -2.04. The molecule has 0 saturated heterocycles. The number of nitro groups is 1. The maximum atomic E-state index is 10.9. The third-order valence-corrected chi connectivity index (χ3v) is 4.44. The Bertz CT molecular complexity index is 1190. The Balaban J connectivity index is 1.71. The van der Waals surface area contributed by atoms with E-state index in [2.05, 4.69) is 15.0 Å². The van der Waals surface area contributed by atoms with Crippen LogP contribution in [0, 0.1) is 17.0 Å². The Hall–Kier alpha value is -4.00. The van der Waals surface area contributed by atoms with Crippen LogP contribution in [-0.4, -0.2) is 26.2 Å². The molecule has 2 N–H and O–H groups in total. The van der Waals surface area contributed by atoms with E-state index in [1.165, 1.54) is 24.4 Å². The minimum absolute atomic E-state index is 0.0690. The molecule has 1 heterocycles. The van der Waals surface area contributed by atoms with Gasteiger partial charge in [0.1, 0.15) is 11.6 Å². The number of nitrogens with zero attached hydrogens (tertiary/aromatic N) is 3. The Kier molecular flexibility index (Phi) is 4.33. The quantitative estimate of drug-likeness (QED) is 0.302. The number of aromatic nitrogens is 2. The topological polar surface area (TPSA) is 104 Å². The summed E-state index contributed by atoms with van der Waals surface area (Å²) in [5.74, 6) is 0.663. The van der Waals surface area contributed by atoms with Gasteiger partial charge in [-0.05, 0) is 36.8 Å². The van der Waals surface area contributed by atoms with E-state index in [-0.39, 0.29) is 17.0 Å². The largest absolute Gasteiger partial charge is 0.507 e. The molecule has 7 nitrogen and oxygen atoms in total. The zero-order chi connectivity index (χ0) is 19.7. The van der Waals surface area contributed by atoms with Crippen molar-refractivity contribution in [3.8, 4) is 17.1 Å². The number of nitro benzene ring substituents is 1. The summed E-state index contributed by atoms with van der Waals surface area (Å²) < 4.78 is 0. The molecule has 3 aromatic carbocycles. The van der Waals surface area contributed by atoms with Gasteiger partial charge in [0.25, 0.3) is 5.69 Å². The van der Waals surface area contributed by atoms with Gasteiger partial charge in [0.15, 0.2) is 0 Å². The van der Waals surface area contributed by atoms with Crippen molar-refractivity contribution in [2.24, 2.45) is 4.99 Å². The number of aryl methyl sites for hydroxylation is 1. The molecule has 0 saturated carbocycles. The summed E-state index contributed by atoms with van der Waals surface area (Å²) in [7, 11) is 0. The van der Waals surface area contributed by atoms with Crippen molar-refractivity contribution in [2.45, 2.75) is 6.92 Å². The summed E-state index contributed by atoms with van der Waals surface area (Å²) in [5, 5.41) is 20.9. The number of para-hydroxylation sites is 2. The number of H-pyrrole nitrogens is 1. The highest BCUT2D eigenvalue weighted by atomic mass is 16.6. The monoisotopic (exact) mass is 372 g/mol. The minimum Gasteiger partial charge on any atom is -0.507 e. The van der Waals surface area contributed by atoms with Gasteiger partial charge < -0.3 is 10.1 Å². The maximum Gasteiger partial charge on any atom is 0.270 e. The summed E-state index contributed by atoms with van der Waals surface area (Å²) in [6, 6.07) is 17.4. The molecule has 0 spiro atoms. The van der Waals surface area contributed by atoms with E-state index in [0.29, 0.717) is 5.69 Å². The number of nitrogens with one attached hydrogen (secondary N) is 1. The average Bonchev–Trinajstić information content (AvgIpc) is 3.12. The first-order valence-electron chi connectivity index (χ1n) is 8.58. The smallest absolute Gasteiger partial charge is 0.270 e. The van der Waals surface area contributed by atoms with Crippen LogP contribution in [0.5, 0.6) is 5.75 Å². The van der Waals surface area contributed by atoms with E-state index in [1.807, 2.05) is 49.4 Å². The second-order valence-electron chi connectivity index (χ2n) is 6.36. The van der Waals surface area contributed by atoms with Gasteiger partial charge in [-0.3, -0.25) is 15.1 Å². The normalized spacial score (nSPS) is 11.3. The Labute approximate surface area is 160 Å². The average molecular weight is 372 g/mol. The number of non-ortho nitro benzene ring substituents is 1. The summed E-state index contributed by atoms with van der Waals surface area (Å²) >= 11 is 0. The Morgan fingerprint density at radius 3 is 2.75 bits per heavy atom. The number of imidazole rings is 1. The summed E-state index contributed by atoms with van der Waals surface area (Å²) in [4.78, 5) is 22.7. The van der Waals surface area contributed by atoms with Crippen LogP contribution in [0.1, 0.15) is 11.1 Å². The van der Waals surface area contributed by atoms with Gasteiger partial charge in [0.2, 0.25) is 0 Å². The first-order chi connectivity index (χ1) is 13.5. The van der Waals surface area contributed by atoms with E-state index < -0.39 is 4.92 Å². The van der Waals surface area contributed by atoms with E-state index in [1.54, 1.807) is 0 Å². The van der Waals surface area contributed by atoms with Crippen LogP contribution in [0.25, 0.3) is 22.4 Å². The number of aromatic amines is 1. The Morgan fingerprint density at radius 1 is 1.14 bits per heavy atom. The maximum absolute atomic E-state index is 10.9. The molecule has 0 unspecified atom stereocenters. The van der Waals surface area contributed by atoms with Gasteiger partial charge in [-0.1, -0.05) is 24.3 Å². The van der Waals surface area contributed by atoms with Crippen molar-refractivity contribution in [1.29, 1.82) is 0 Å². The van der Waals surface area contributed by atoms with Crippen LogP contribution in [0.2, 0.25) is 0 Å². The number of phenolic OH excluding ortho intramolecular Hbond substituents is 1. The van der Waals surface area contributed by atoms with Crippen LogP contribution >= 0.6 is 0 Å². The SMILES string of the molecule is Cc1ccc(-c2nc3ccccc3[nH]2)cc1N=Cc1cc([N+](=O)[O-])ccc1O. The van der Waals surface area contributed by atoms with Gasteiger partial charge >= 0.3 is 0 Å². The predicted octanol–water partition coefficient (Wildman–Crippen LogP) is 4.90. The summed E-state index contributed by atoms with van der Waals surface area (Å²) in [6.07, 6.45) is 1.42. The second kappa shape index (κ2) is 6.96. The molecular formula is C21H16N4O3. The molecule has 1 aromatic heterocycles. The molecule has 0 fully saturated rings. The van der Waals surface area contributed by atoms with Crippen LogP contribution in [0.4, 0.5) is 11.4 Å². The molecular weight excluding hydrogens is 356 g/mol. The lowest BCUT2D eigenvalue weighted by Crippen LogP contribution is -1.90. The number of fused-ring (bicyclic) bond motifs is 1. The lowest BCUT2D eigenvalue weighted by atomic mass is 10.1. The highest BCUT2D eigenvalue weighted by molar-refractivity contribution is 5.87. The zero-order valence-electron chi connectivity index (χ0n) is 15.0. The van der Waals surface area contributed by atoms with E-state index >= 15 is 0 Å². The number of aliphatic imine (C=N–C) groups is 1. The third-order valence-electron chi connectivity index (χ3n) is 4.44. The van der Waals surface area contributed by atoms with Crippen molar-refractivity contribution < 1.29 is 10.0 Å². The van der Waals surface area contributed by atoms with Crippen molar-refractivity contribution >= 4 is 28.6 Å². The highest BCUT2D eigenvalue weighted by Crippen LogP contribution is 2.28. The number of rotatable bonds is 4. The predicted molar refractivity (Wildman–Crippen MR) is 108 cm³/mol. The molecule has 0 aliphatic carbocycles. The first kappa shape index (κ1) is 17.4. The molecule has 0 aliphatic rings. The number of hydrogen-bond acceptors (Lipinski definition) is 5. The number of phenols is 1. The van der Waals surface area contributed by atoms with Gasteiger partial charge in [-0.15, -0.1) is 0 Å². The van der Waals surface area contributed by atoms with E-state index in [0.717, 1.165) is 28.0 Å². The fourth-order valence-corrected chi connectivity index (χ4v) is 2.88. The van der Waals surface area contributed by atoms with E-state index in [4.69, 9.17) is 0 Å². The molecule has 0 amide bonds. The Morgan fingerprint density at radius 2 is 1.96 bits per heavy atom. The summed E-state index contributed by atoms with van der Waals surface area (Å²) in [5.41, 5.74) is 4.49. The first-order valence-corrected chi connectivity index (χ1v) is 8.58. The molecule has 4 rings (SSSR count). The van der Waals surface area contributed by atoms with Gasteiger partial charge in [-0.2, -0.15) is 0 Å². The van der Waals surface area contributed by atoms with Crippen molar-refractivity contribution in [2.75, 3.05) is 0 Å². The fraction of sp³-hybridized carbons (Fsp3) is 0.0476. The van der Waals surface area contributed by atoms with Crippen molar-refractivity contribution in [1.82, 2.24) is 9.97 Å². The van der Waals surface area contributed by atoms with Crippen LogP contribution in [0.3, 0.4) is 0 Å². The van der Waals surface area contributed by atoms with Gasteiger partial charge in [0.05, 0.1) is 21.6 Å². The third kappa shape index (κ3) is 3.33.